The Kier molecular flexibility index (Phi) is 6.02. The molecule has 0 bridgehead atoms. The molecule has 0 aliphatic carbocycles. The molecule has 3 aromatic heterocycles. The second-order valence-electron chi connectivity index (χ2n) is 8.45. The van der Waals surface area contributed by atoms with Gasteiger partial charge >= 0.3 is 0 Å². The zero-order valence-electron chi connectivity index (χ0n) is 19.6. The van der Waals surface area contributed by atoms with E-state index in [1.807, 2.05) is 30.3 Å². The van der Waals surface area contributed by atoms with Crippen LogP contribution in [0.15, 0.2) is 78.2 Å². The molecule has 0 saturated heterocycles. The smallest absolute Gasteiger partial charge is 0.296 e. The Morgan fingerprint density at radius 1 is 1.08 bits per heavy atom. The van der Waals surface area contributed by atoms with E-state index in [1.165, 1.54) is 34.6 Å². The van der Waals surface area contributed by atoms with Crippen molar-refractivity contribution in [2.45, 2.75) is 13.0 Å². The quantitative estimate of drug-likeness (QED) is 0.239. The van der Waals surface area contributed by atoms with Crippen molar-refractivity contribution in [3.05, 3.63) is 105 Å². The van der Waals surface area contributed by atoms with E-state index in [9.17, 15) is 19.1 Å². The molecule has 5 aromatic rings. The number of thiazole rings is 2. The highest BCUT2D eigenvalue weighted by molar-refractivity contribution is 7.22. The van der Waals surface area contributed by atoms with E-state index in [1.54, 1.807) is 25.1 Å². The van der Waals surface area contributed by atoms with Crippen LogP contribution in [0.1, 0.15) is 27.1 Å². The van der Waals surface area contributed by atoms with Crippen LogP contribution >= 0.6 is 34.3 Å². The first-order valence-electron chi connectivity index (χ1n) is 11.3. The Balaban J connectivity index is 1.48. The third-order valence-electron chi connectivity index (χ3n) is 6.07. The standard InChI is InChI=1S/C27H16ClFN4O3S2/c1-13-24(38-25(31-13)14-7-3-2-4-8-14)22(34)20-21(17-9-5-6-10-30-17)33(26(36)23(20)35)27-32-18-11-15(28)16(29)12-19(18)37-27/h2-12,21,35H,1H3. The molecule has 1 aliphatic heterocycles. The number of anilines is 1. The number of aromatic nitrogens is 3. The van der Waals surface area contributed by atoms with Crippen molar-refractivity contribution in [1.82, 2.24) is 15.0 Å². The van der Waals surface area contributed by atoms with E-state index >= 15 is 0 Å². The molecule has 1 amide bonds. The summed E-state index contributed by atoms with van der Waals surface area (Å²) in [6.45, 7) is 1.71. The maximum absolute atomic E-state index is 14.1. The molecule has 4 heterocycles. The number of pyridine rings is 1. The van der Waals surface area contributed by atoms with Gasteiger partial charge in [-0.05, 0) is 31.2 Å². The molecule has 2 aromatic carbocycles. The lowest BCUT2D eigenvalue weighted by Gasteiger charge is -2.23. The SMILES string of the molecule is Cc1nc(-c2ccccc2)sc1C(=O)C1=C(O)C(=O)N(c2nc3cc(Cl)c(F)cc3s2)C1c1ccccn1. The summed E-state index contributed by atoms with van der Waals surface area (Å²) in [6, 6.07) is 16.1. The molecule has 1 aliphatic rings. The third-order valence-corrected chi connectivity index (χ3v) is 8.58. The van der Waals surface area contributed by atoms with Crippen LogP contribution in [-0.2, 0) is 4.79 Å². The molecule has 11 heteroatoms. The largest absolute Gasteiger partial charge is 0.503 e. The van der Waals surface area contributed by atoms with Gasteiger partial charge in [0.2, 0.25) is 5.78 Å². The molecular weight excluding hydrogens is 547 g/mol. The monoisotopic (exact) mass is 562 g/mol. The average Bonchev–Trinajstić information content (AvgIpc) is 3.59. The molecule has 38 heavy (non-hydrogen) atoms. The van der Waals surface area contributed by atoms with E-state index in [0.29, 0.717) is 31.5 Å². The summed E-state index contributed by atoms with van der Waals surface area (Å²) in [6.07, 6.45) is 1.54. The van der Waals surface area contributed by atoms with E-state index in [2.05, 4.69) is 15.0 Å². The van der Waals surface area contributed by atoms with Crippen molar-refractivity contribution in [2.75, 3.05) is 4.90 Å². The van der Waals surface area contributed by atoms with Gasteiger partial charge in [0.15, 0.2) is 10.9 Å². The second kappa shape index (κ2) is 9.39. The van der Waals surface area contributed by atoms with Gasteiger partial charge in [0.1, 0.15) is 16.9 Å². The summed E-state index contributed by atoms with van der Waals surface area (Å²) in [5.41, 5.74) is 1.96. The maximum Gasteiger partial charge on any atom is 0.296 e. The normalized spacial score (nSPS) is 15.6. The van der Waals surface area contributed by atoms with Crippen molar-refractivity contribution >= 4 is 61.3 Å². The van der Waals surface area contributed by atoms with Crippen molar-refractivity contribution in [3.63, 3.8) is 0 Å². The first-order valence-corrected chi connectivity index (χ1v) is 13.4. The number of rotatable bonds is 5. The number of carbonyl (C=O) groups is 2. The van der Waals surface area contributed by atoms with Gasteiger partial charge in [-0.2, -0.15) is 0 Å². The molecule has 0 spiro atoms. The topological polar surface area (TPSA) is 96.3 Å². The fraction of sp³-hybridized carbons (Fsp3) is 0.0741. The van der Waals surface area contributed by atoms with E-state index in [4.69, 9.17) is 11.6 Å². The minimum absolute atomic E-state index is 0.102. The number of ketones is 1. The average molecular weight is 563 g/mol. The molecule has 1 unspecified atom stereocenters. The first-order chi connectivity index (χ1) is 18.3. The number of amides is 1. The van der Waals surface area contributed by atoms with Gasteiger partial charge in [-0.15, -0.1) is 11.3 Å². The highest BCUT2D eigenvalue weighted by Gasteiger charge is 2.47. The number of aliphatic hydroxyl groups excluding tert-OH is 1. The van der Waals surface area contributed by atoms with Gasteiger partial charge in [-0.25, -0.2) is 14.4 Å². The van der Waals surface area contributed by atoms with Crippen LogP contribution in [0.3, 0.4) is 0 Å². The molecule has 1 N–H and O–H groups in total. The number of aryl methyl sites for hydroxylation is 1. The zero-order valence-corrected chi connectivity index (χ0v) is 21.9. The number of halogens is 2. The number of aliphatic hydroxyl groups is 1. The molecule has 7 nitrogen and oxygen atoms in total. The van der Waals surface area contributed by atoms with Crippen LogP contribution in [0.4, 0.5) is 9.52 Å². The van der Waals surface area contributed by atoms with Gasteiger partial charge < -0.3 is 5.11 Å². The van der Waals surface area contributed by atoms with Crippen LogP contribution in [0.2, 0.25) is 5.02 Å². The predicted molar refractivity (Wildman–Crippen MR) is 145 cm³/mol. The number of nitrogens with zero attached hydrogens (tertiary/aromatic N) is 4. The fourth-order valence-corrected chi connectivity index (χ4v) is 6.48. The van der Waals surface area contributed by atoms with Crippen molar-refractivity contribution < 1.29 is 19.1 Å². The summed E-state index contributed by atoms with van der Waals surface area (Å²) < 4.78 is 14.6. The summed E-state index contributed by atoms with van der Waals surface area (Å²) in [4.78, 5) is 42.3. The van der Waals surface area contributed by atoms with E-state index in [0.717, 1.165) is 16.9 Å². The molecule has 0 saturated carbocycles. The van der Waals surface area contributed by atoms with Crippen LogP contribution in [0, 0.1) is 12.7 Å². The summed E-state index contributed by atoms with van der Waals surface area (Å²) in [7, 11) is 0. The van der Waals surface area contributed by atoms with Crippen molar-refractivity contribution in [1.29, 1.82) is 0 Å². The van der Waals surface area contributed by atoms with Gasteiger partial charge in [-0.3, -0.25) is 19.5 Å². The lowest BCUT2D eigenvalue weighted by molar-refractivity contribution is -0.117. The predicted octanol–water partition coefficient (Wildman–Crippen LogP) is 6.70. The first kappa shape index (κ1) is 24.4. The zero-order chi connectivity index (χ0) is 26.6. The van der Waals surface area contributed by atoms with Gasteiger partial charge in [0.25, 0.3) is 5.91 Å². The summed E-state index contributed by atoms with van der Waals surface area (Å²) in [5, 5.41) is 11.8. The summed E-state index contributed by atoms with van der Waals surface area (Å²) >= 11 is 8.16. The van der Waals surface area contributed by atoms with E-state index < -0.39 is 29.3 Å². The Morgan fingerprint density at radius 2 is 1.84 bits per heavy atom. The molecule has 1 atom stereocenters. The van der Waals surface area contributed by atoms with Gasteiger partial charge in [0.05, 0.1) is 37.1 Å². The lowest BCUT2D eigenvalue weighted by atomic mass is 9.98. The Morgan fingerprint density at radius 3 is 2.58 bits per heavy atom. The number of hydrogen-bond acceptors (Lipinski definition) is 8. The lowest BCUT2D eigenvalue weighted by Crippen LogP contribution is -2.31. The summed E-state index contributed by atoms with van der Waals surface area (Å²) in [5.74, 6) is -2.64. The minimum Gasteiger partial charge on any atom is -0.503 e. The van der Waals surface area contributed by atoms with Crippen molar-refractivity contribution in [3.8, 4) is 10.6 Å². The fourth-order valence-electron chi connectivity index (χ4n) is 4.30. The molecule has 6 rings (SSSR count). The molecule has 0 fully saturated rings. The minimum atomic E-state index is -1.06. The Bertz CT molecular complexity index is 1730. The van der Waals surface area contributed by atoms with Crippen LogP contribution < -0.4 is 4.90 Å². The number of fused-ring (bicyclic) bond motifs is 1. The third kappa shape index (κ3) is 3.97. The highest BCUT2D eigenvalue weighted by Crippen LogP contribution is 2.45. The van der Waals surface area contributed by atoms with Crippen LogP contribution in [0.25, 0.3) is 20.8 Å². The maximum atomic E-state index is 14.1. The molecular formula is C27H16ClFN4O3S2. The Labute approximate surface area is 228 Å². The van der Waals surface area contributed by atoms with Crippen LogP contribution in [-0.4, -0.2) is 31.7 Å². The number of Topliss-reactive ketones (excluding diaryl/α,β-unsaturated/α-hetero) is 1. The molecule has 188 valence electrons. The van der Waals surface area contributed by atoms with Gasteiger partial charge in [-0.1, -0.05) is 59.3 Å². The van der Waals surface area contributed by atoms with Crippen LogP contribution in [0.5, 0.6) is 0 Å². The number of hydrogen-bond donors (Lipinski definition) is 1. The molecule has 0 radical (unpaired) electrons. The number of carbonyl (C=O) groups excluding carboxylic acids is 2. The van der Waals surface area contributed by atoms with Gasteiger partial charge in [0, 0.05) is 11.8 Å². The number of benzene rings is 2. The Hall–Kier alpha value is -3.99. The van der Waals surface area contributed by atoms with Crippen molar-refractivity contribution in [2.24, 2.45) is 0 Å². The second-order valence-corrected chi connectivity index (χ2v) is 10.9. The highest BCUT2D eigenvalue weighted by atomic mass is 35.5. The van der Waals surface area contributed by atoms with E-state index in [-0.39, 0.29) is 15.7 Å².